The minimum Gasteiger partial charge on any atom is -0.375 e. The van der Waals surface area contributed by atoms with Crippen LogP contribution in [0.2, 0.25) is 5.02 Å². The van der Waals surface area contributed by atoms with Crippen molar-refractivity contribution in [2.45, 2.75) is 19.4 Å². The third-order valence-corrected chi connectivity index (χ3v) is 6.04. The highest BCUT2D eigenvalue weighted by Gasteiger charge is 2.18. The Morgan fingerprint density at radius 1 is 1.12 bits per heavy atom. The number of amides is 1. The summed E-state index contributed by atoms with van der Waals surface area (Å²) in [6, 6.07) is 11.8. The van der Waals surface area contributed by atoms with Crippen LogP contribution in [0.25, 0.3) is 0 Å². The Kier molecular flexibility index (Phi) is 8.84. The van der Waals surface area contributed by atoms with Gasteiger partial charge in [-0.15, -0.1) is 0 Å². The van der Waals surface area contributed by atoms with Crippen molar-refractivity contribution in [1.29, 1.82) is 0 Å². The second kappa shape index (κ2) is 11.8. The van der Waals surface area contributed by atoms with Crippen molar-refractivity contribution in [1.82, 2.24) is 15.1 Å². The van der Waals surface area contributed by atoms with Crippen LogP contribution in [-0.4, -0.2) is 66.9 Å². The first-order chi connectivity index (χ1) is 15.4. The van der Waals surface area contributed by atoms with Gasteiger partial charge in [-0.1, -0.05) is 29.8 Å². The summed E-state index contributed by atoms with van der Waals surface area (Å²) in [4.78, 5) is 28.3. The van der Waals surface area contributed by atoms with E-state index in [-0.39, 0.29) is 17.2 Å². The molecule has 0 aromatic heterocycles. The Bertz CT molecular complexity index is 932. The molecule has 2 aromatic rings. The van der Waals surface area contributed by atoms with E-state index in [9.17, 15) is 14.9 Å². The van der Waals surface area contributed by atoms with E-state index in [1.54, 1.807) is 18.2 Å². The zero-order valence-corrected chi connectivity index (χ0v) is 19.1. The van der Waals surface area contributed by atoms with Gasteiger partial charge in [0.1, 0.15) is 5.69 Å². The molecule has 32 heavy (non-hydrogen) atoms. The summed E-state index contributed by atoms with van der Waals surface area (Å²) in [5, 5.41) is 18.0. The molecule has 1 aliphatic heterocycles. The Morgan fingerprint density at radius 2 is 1.88 bits per heavy atom. The molecule has 0 bridgehead atoms. The third-order valence-electron chi connectivity index (χ3n) is 5.67. The van der Waals surface area contributed by atoms with E-state index in [0.717, 1.165) is 51.1 Å². The van der Waals surface area contributed by atoms with E-state index >= 15 is 0 Å². The quantitative estimate of drug-likeness (QED) is 0.320. The van der Waals surface area contributed by atoms with Crippen LogP contribution < -0.4 is 10.6 Å². The number of halogens is 1. The van der Waals surface area contributed by atoms with Gasteiger partial charge in [0.15, 0.2) is 0 Å². The molecule has 0 aliphatic carbocycles. The van der Waals surface area contributed by atoms with Crippen molar-refractivity contribution >= 4 is 28.9 Å². The van der Waals surface area contributed by atoms with Gasteiger partial charge in [-0.3, -0.25) is 14.9 Å². The summed E-state index contributed by atoms with van der Waals surface area (Å²) < 4.78 is 0. The van der Waals surface area contributed by atoms with E-state index < -0.39 is 4.92 Å². The molecule has 3 rings (SSSR count). The molecular formula is C23H30ClN5O3. The predicted octanol–water partition coefficient (Wildman–Crippen LogP) is 3.62. The zero-order valence-electron chi connectivity index (χ0n) is 18.3. The van der Waals surface area contributed by atoms with Gasteiger partial charge in [0.25, 0.3) is 11.6 Å². The second-order valence-electron chi connectivity index (χ2n) is 8.04. The molecule has 1 amide bonds. The van der Waals surface area contributed by atoms with Gasteiger partial charge in [0.05, 0.1) is 4.92 Å². The van der Waals surface area contributed by atoms with Gasteiger partial charge in [-0.25, -0.2) is 0 Å². The smallest absolute Gasteiger partial charge is 0.293 e. The van der Waals surface area contributed by atoms with Crippen LogP contribution in [0.3, 0.4) is 0 Å². The molecule has 172 valence electrons. The number of benzene rings is 2. The number of piperazine rings is 1. The van der Waals surface area contributed by atoms with Gasteiger partial charge >= 0.3 is 0 Å². The highest BCUT2D eigenvalue weighted by molar-refractivity contribution is 6.31. The van der Waals surface area contributed by atoms with E-state index in [1.807, 2.05) is 18.2 Å². The van der Waals surface area contributed by atoms with Crippen LogP contribution in [0.5, 0.6) is 0 Å². The van der Waals surface area contributed by atoms with Crippen LogP contribution in [0.1, 0.15) is 28.8 Å². The van der Waals surface area contributed by atoms with Crippen LogP contribution in [0.15, 0.2) is 42.5 Å². The van der Waals surface area contributed by atoms with E-state index in [4.69, 9.17) is 11.6 Å². The van der Waals surface area contributed by atoms with Crippen molar-refractivity contribution in [2.75, 3.05) is 51.6 Å². The van der Waals surface area contributed by atoms with Gasteiger partial charge in [0.2, 0.25) is 0 Å². The molecule has 1 saturated heterocycles. The Labute approximate surface area is 193 Å². The Balaban J connectivity index is 1.49. The first-order valence-electron chi connectivity index (χ1n) is 10.9. The van der Waals surface area contributed by atoms with Gasteiger partial charge in [-0.05, 0) is 50.2 Å². The number of carbonyl (C=O) groups is 1. The second-order valence-corrected chi connectivity index (χ2v) is 8.45. The summed E-state index contributed by atoms with van der Waals surface area (Å²) in [5.74, 6) is -0.301. The molecule has 0 unspecified atom stereocenters. The molecule has 1 fully saturated rings. The maximum Gasteiger partial charge on any atom is 0.293 e. The lowest BCUT2D eigenvalue weighted by Gasteiger charge is -2.32. The molecule has 9 heteroatoms. The predicted molar refractivity (Wildman–Crippen MR) is 127 cm³/mol. The maximum absolute atomic E-state index is 12.5. The monoisotopic (exact) mass is 459 g/mol. The van der Waals surface area contributed by atoms with Crippen LogP contribution in [-0.2, 0) is 6.54 Å². The first kappa shape index (κ1) is 24.0. The number of rotatable bonds is 10. The van der Waals surface area contributed by atoms with Crippen molar-refractivity contribution in [3.05, 3.63) is 68.7 Å². The molecule has 8 nitrogen and oxygen atoms in total. The van der Waals surface area contributed by atoms with E-state index in [2.05, 4.69) is 27.5 Å². The molecular weight excluding hydrogens is 430 g/mol. The number of nitro groups is 1. The van der Waals surface area contributed by atoms with Crippen molar-refractivity contribution in [3.8, 4) is 0 Å². The first-order valence-corrected chi connectivity index (χ1v) is 11.3. The number of carbonyl (C=O) groups excluding carboxylic acids is 1. The standard InChI is InChI=1S/C23H30ClN5O3/c1-27-12-14-28(15-13-27)11-5-4-10-25-23(30)18-8-9-21(22(16-18)29(31)32)26-17-19-6-2-3-7-20(19)24/h2-3,6-9,16,26H,4-5,10-15,17H2,1H3,(H,25,30). The Hall–Kier alpha value is -2.68. The maximum atomic E-state index is 12.5. The fourth-order valence-corrected chi connectivity index (χ4v) is 3.84. The van der Waals surface area contributed by atoms with E-state index in [1.165, 1.54) is 6.07 Å². The number of nitrogens with one attached hydrogen (secondary N) is 2. The fraction of sp³-hybridized carbons (Fsp3) is 0.435. The molecule has 0 radical (unpaired) electrons. The number of hydrogen-bond donors (Lipinski definition) is 2. The molecule has 0 saturated carbocycles. The van der Waals surface area contributed by atoms with Crippen LogP contribution in [0, 0.1) is 10.1 Å². The van der Waals surface area contributed by atoms with Gasteiger partial charge in [-0.2, -0.15) is 0 Å². The third kappa shape index (κ3) is 6.91. The SMILES string of the molecule is CN1CCN(CCCCNC(=O)c2ccc(NCc3ccccc3Cl)c([N+](=O)[O-])c2)CC1. The summed E-state index contributed by atoms with van der Waals surface area (Å²) in [7, 11) is 2.14. The number of likely N-dealkylation sites (N-methyl/N-ethyl adjacent to an activating group) is 1. The lowest BCUT2D eigenvalue weighted by molar-refractivity contribution is -0.384. The van der Waals surface area contributed by atoms with E-state index in [0.29, 0.717) is 23.8 Å². The summed E-state index contributed by atoms with van der Waals surface area (Å²) in [6.07, 6.45) is 1.88. The van der Waals surface area contributed by atoms with Crippen molar-refractivity contribution in [3.63, 3.8) is 0 Å². The summed E-state index contributed by atoms with van der Waals surface area (Å²) in [6.45, 7) is 6.29. The minimum absolute atomic E-state index is 0.139. The molecule has 2 N–H and O–H groups in total. The normalized spacial score (nSPS) is 14.8. The lowest BCUT2D eigenvalue weighted by Crippen LogP contribution is -2.44. The average Bonchev–Trinajstić information content (AvgIpc) is 2.79. The van der Waals surface area contributed by atoms with Crippen LogP contribution >= 0.6 is 11.6 Å². The molecule has 2 aromatic carbocycles. The molecule has 0 spiro atoms. The van der Waals surface area contributed by atoms with Gasteiger partial charge in [0, 0.05) is 55.9 Å². The molecule has 0 atom stereocenters. The Morgan fingerprint density at radius 3 is 2.59 bits per heavy atom. The average molecular weight is 460 g/mol. The number of nitrogens with zero attached hydrogens (tertiary/aromatic N) is 3. The largest absolute Gasteiger partial charge is 0.375 e. The molecule has 1 aliphatic rings. The zero-order chi connectivity index (χ0) is 22.9. The van der Waals surface area contributed by atoms with Crippen LogP contribution in [0.4, 0.5) is 11.4 Å². The topological polar surface area (TPSA) is 90.8 Å². The van der Waals surface area contributed by atoms with Crippen molar-refractivity contribution in [2.24, 2.45) is 0 Å². The lowest BCUT2D eigenvalue weighted by atomic mass is 10.1. The minimum atomic E-state index is -0.484. The number of hydrogen-bond acceptors (Lipinski definition) is 6. The number of unbranched alkanes of at least 4 members (excludes halogenated alkanes) is 1. The summed E-state index contributed by atoms with van der Waals surface area (Å²) >= 11 is 6.15. The van der Waals surface area contributed by atoms with Gasteiger partial charge < -0.3 is 20.4 Å². The fourth-order valence-electron chi connectivity index (χ4n) is 3.64. The number of anilines is 1. The molecule has 1 heterocycles. The van der Waals surface area contributed by atoms with Crippen molar-refractivity contribution < 1.29 is 9.72 Å². The summed E-state index contributed by atoms with van der Waals surface area (Å²) in [5.41, 5.74) is 1.32. The highest BCUT2D eigenvalue weighted by atomic mass is 35.5. The number of nitro benzene ring substituents is 1. The highest BCUT2D eigenvalue weighted by Crippen LogP contribution is 2.27.